The number of esters is 1. The second-order valence-corrected chi connectivity index (χ2v) is 3.92. The zero-order valence-corrected chi connectivity index (χ0v) is 10.7. The van der Waals surface area contributed by atoms with Gasteiger partial charge in [0.25, 0.3) is 0 Å². The van der Waals surface area contributed by atoms with Crippen molar-refractivity contribution >= 4 is 33.5 Å². The summed E-state index contributed by atoms with van der Waals surface area (Å²) in [6.07, 6.45) is 0. The Morgan fingerprint density at radius 1 is 1.53 bits per heavy atom. The maximum absolute atomic E-state index is 11.5. The van der Waals surface area contributed by atoms with Crippen LogP contribution in [0.25, 0.3) is 0 Å². The number of halogens is 2. The molecule has 0 radical (unpaired) electrons. The molecule has 0 bridgehead atoms. The van der Waals surface area contributed by atoms with E-state index in [0.717, 1.165) is 0 Å². The number of carbonyl (C=O) groups excluding carboxylic acids is 1. The summed E-state index contributed by atoms with van der Waals surface area (Å²) in [6.45, 7) is 2.05. The molecule has 15 heavy (non-hydrogen) atoms. The minimum atomic E-state index is -0.456. The van der Waals surface area contributed by atoms with E-state index < -0.39 is 5.97 Å². The summed E-state index contributed by atoms with van der Waals surface area (Å²) >= 11 is 9.19. The standard InChI is InChI=1S/C10H10BrClO3/c1-3-15-10(13)7-4-6(14-2)5-8(11)9(7)12/h4-5H,3H2,1-2H3. The highest BCUT2D eigenvalue weighted by molar-refractivity contribution is 9.10. The Hall–Kier alpha value is -0.740. The summed E-state index contributed by atoms with van der Waals surface area (Å²) in [5, 5.41) is 0.328. The van der Waals surface area contributed by atoms with Gasteiger partial charge in [-0.25, -0.2) is 4.79 Å². The van der Waals surface area contributed by atoms with Crippen LogP contribution in [-0.4, -0.2) is 19.7 Å². The molecule has 0 aliphatic heterocycles. The van der Waals surface area contributed by atoms with Gasteiger partial charge in [0.1, 0.15) is 5.75 Å². The molecule has 0 saturated carbocycles. The van der Waals surface area contributed by atoms with E-state index in [1.165, 1.54) is 7.11 Å². The number of carbonyl (C=O) groups is 1. The van der Waals surface area contributed by atoms with Crippen LogP contribution >= 0.6 is 27.5 Å². The summed E-state index contributed by atoms with van der Waals surface area (Å²) < 4.78 is 10.5. The smallest absolute Gasteiger partial charge is 0.339 e. The number of benzene rings is 1. The number of ether oxygens (including phenoxy) is 2. The van der Waals surface area contributed by atoms with E-state index in [1.807, 2.05) is 0 Å². The molecule has 1 aromatic rings. The van der Waals surface area contributed by atoms with Gasteiger partial charge in [0.05, 0.1) is 24.3 Å². The van der Waals surface area contributed by atoms with Crippen LogP contribution in [0.2, 0.25) is 5.02 Å². The van der Waals surface area contributed by atoms with Gasteiger partial charge in [-0.05, 0) is 35.0 Å². The topological polar surface area (TPSA) is 35.5 Å². The van der Waals surface area contributed by atoms with Crippen LogP contribution < -0.4 is 4.74 Å². The van der Waals surface area contributed by atoms with Crippen LogP contribution in [0.3, 0.4) is 0 Å². The average molecular weight is 294 g/mol. The zero-order valence-electron chi connectivity index (χ0n) is 8.34. The maximum Gasteiger partial charge on any atom is 0.339 e. The quantitative estimate of drug-likeness (QED) is 0.802. The largest absolute Gasteiger partial charge is 0.497 e. The first kappa shape index (κ1) is 12.3. The van der Waals surface area contributed by atoms with E-state index in [9.17, 15) is 4.79 Å². The summed E-state index contributed by atoms with van der Waals surface area (Å²) in [7, 11) is 1.52. The Morgan fingerprint density at radius 2 is 2.20 bits per heavy atom. The fraction of sp³-hybridized carbons (Fsp3) is 0.300. The molecule has 0 saturated heterocycles. The van der Waals surface area contributed by atoms with E-state index >= 15 is 0 Å². The van der Waals surface area contributed by atoms with Gasteiger partial charge in [0.2, 0.25) is 0 Å². The predicted octanol–water partition coefficient (Wildman–Crippen LogP) is 3.29. The highest BCUT2D eigenvalue weighted by Gasteiger charge is 2.15. The molecule has 0 amide bonds. The molecule has 0 atom stereocenters. The molecule has 0 spiro atoms. The van der Waals surface area contributed by atoms with Crippen LogP contribution in [0.15, 0.2) is 16.6 Å². The molecule has 0 unspecified atom stereocenters. The first-order valence-electron chi connectivity index (χ1n) is 4.30. The number of hydrogen-bond acceptors (Lipinski definition) is 3. The van der Waals surface area contributed by atoms with Gasteiger partial charge in [-0.1, -0.05) is 11.6 Å². The third-order valence-electron chi connectivity index (χ3n) is 1.73. The van der Waals surface area contributed by atoms with Gasteiger partial charge in [0, 0.05) is 4.47 Å². The molecule has 0 aromatic heterocycles. The Morgan fingerprint density at radius 3 is 2.73 bits per heavy atom. The minimum Gasteiger partial charge on any atom is -0.497 e. The van der Waals surface area contributed by atoms with Gasteiger partial charge in [-0.2, -0.15) is 0 Å². The molecule has 0 fully saturated rings. The lowest BCUT2D eigenvalue weighted by atomic mass is 10.2. The maximum atomic E-state index is 11.5. The van der Waals surface area contributed by atoms with Crippen molar-refractivity contribution in [1.82, 2.24) is 0 Å². The third-order valence-corrected chi connectivity index (χ3v) is 2.99. The third kappa shape index (κ3) is 2.86. The van der Waals surface area contributed by atoms with E-state index in [0.29, 0.717) is 27.4 Å². The van der Waals surface area contributed by atoms with Crippen LogP contribution in [-0.2, 0) is 4.74 Å². The number of hydrogen-bond donors (Lipinski definition) is 0. The molecule has 0 aliphatic rings. The second-order valence-electron chi connectivity index (χ2n) is 2.69. The lowest BCUT2D eigenvalue weighted by molar-refractivity contribution is 0.0526. The second kappa shape index (κ2) is 5.37. The Bertz CT molecular complexity index is 379. The number of rotatable bonds is 3. The summed E-state index contributed by atoms with van der Waals surface area (Å²) in [5.41, 5.74) is 0.296. The molecular formula is C10H10BrClO3. The van der Waals surface area contributed by atoms with Crippen molar-refractivity contribution in [3.8, 4) is 5.75 Å². The lowest BCUT2D eigenvalue weighted by Gasteiger charge is -2.08. The lowest BCUT2D eigenvalue weighted by Crippen LogP contribution is -2.06. The predicted molar refractivity (Wildman–Crippen MR) is 61.7 cm³/mol. The molecule has 1 rings (SSSR count). The van der Waals surface area contributed by atoms with Crippen LogP contribution in [0.1, 0.15) is 17.3 Å². The van der Waals surface area contributed by atoms with Crippen molar-refractivity contribution in [2.24, 2.45) is 0 Å². The molecule has 0 heterocycles. The summed E-state index contributed by atoms with van der Waals surface area (Å²) in [5.74, 6) is 0.0939. The molecule has 0 aliphatic carbocycles. The molecule has 3 nitrogen and oxygen atoms in total. The SMILES string of the molecule is CCOC(=O)c1cc(OC)cc(Br)c1Cl. The highest BCUT2D eigenvalue weighted by Crippen LogP contribution is 2.31. The van der Waals surface area contributed by atoms with E-state index in [-0.39, 0.29) is 0 Å². The van der Waals surface area contributed by atoms with Crippen molar-refractivity contribution in [3.63, 3.8) is 0 Å². The Kier molecular flexibility index (Phi) is 4.42. The molecule has 82 valence electrons. The first-order valence-corrected chi connectivity index (χ1v) is 5.47. The first-order chi connectivity index (χ1) is 7.10. The number of methoxy groups -OCH3 is 1. The molecule has 0 N–H and O–H groups in total. The van der Waals surface area contributed by atoms with E-state index in [2.05, 4.69) is 15.9 Å². The van der Waals surface area contributed by atoms with Gasteiger partial charge in [0.15, 0.2) is 0 Å². The summed E-state index contributed by atoms with van der Waals surface area (Å²) in [6, 6.07) is 3.23. The van der Waals surface area contributed by atoms with Crippen molar-refractivity contribution in [2.75, 3.05) is 13.7 Å². The average Bonchev–Trinajstić information content (AvgIpc) is 2.22. The van der Waals surface area contributed by atoms with E-state index in [1.54, 1.807) is 19.1 Å². The van der Waals surface area contributed by atoms with Crippen molar-refractivity contribution in [1.29, 1.82) is 0 Å². The minimum absolute atomic E-state index is 0.296. The Balaban J connectivity index is 3.15. The van der Waals surface area contributed by atoms with Crippen LogP contribution in [0.5, 0.6) is 5.75 Å². The highest BCUT2D eigenvalue weighted by atomic mass is 79.9. The zero-order chi connectivity index (χ0) is 11.4. The molecule has 1 aromatic carbocycles. The van der Waals surface area contributed by atoms with Crippen molar-refractivity contribution < 1.29 is 14.3 Å². The van der Waals surface area contributed by atoms with Crippen molar-refractivity contribution in [2.45, 2.75) is 6.92 Å². The Labute approximate surface area is 101 Å². The van der Waals surface area contributed by atoms with Gasteiger partial charge >= 0.3 is 5.97 Å². The van der Waals surface area contributed by atoms with E-state index in [4.69, 9.17) is 21.1 Å². The van der Waals surface area contributed by atoms with Gasteiger partial charge in [-0.3, -0.25) is 0 Å². The normalized spacial score (nSPS) is 9.87. The van der Waals surface area contributed by atoms with Crippen LogP contribution in [0, 0.1) is 0 Å². The van der Waals surface area contributed by atoms with Gasteiger partial charge < -0.3 is 9.47 Å². The van der Waals surface area contributed by atoms with Crippen LogP contribution in [0.4, 0.5) is 0 Å². The fourth-order valence-corrected chi connectivity index (χ4v) is 1.66. The van der Waals surface area contributed by atoms with Crippen molar-refractivity contribution in [3.05, 3.63) is 27.2 Å². The fourth-order valence-electron chi connectivity index (χ4n) is 1.04. The molecular weight excluding hydrogens is 283 g/mol. The molecule has 5 heteroatoms. The summed E-state index contributed by atoms with van der Waals surface area (Å²) in [4.78, 5) is 11.5. The van der Waals surface area contributed by atoms with Gasteiger partial charge in [-0.15, -0.1) is 0 Å². The monoisotopic (exact) mass is 292 g/mol.